The molecule has 0 saturated carbocycles. The van der Waals surface area contributed by atoms with E-state index >= 15 is 0 Å². The summed E-state index contributed by atoms with van der Waals surface area (Å²) in [5, 5.41) is 12.6. The molecule has 0 fully saturated rings. The zero-order valence-corrected chi connectivity index (χ0v) is 11.8. The van der Waals surface area contributed by atoms with E-state index in [2.05, 4.69) is 5.32 Å². The molecule has 0 saturated heterocycles. The highest BCUT2D eigenvalue weighted by Crippen LogP contribution is 2.21. The number of Topliss-reactive ketones (excluding diaryl/α,β-unsaturated/α-hetero) is 1. The van der Waals surface area contributed by atoms with Crippen LogP contribution in [0.4, 0.5) is 11.4 Å². The maximum Gasteiger partial charge on any atom is 0.161 e. The van der Waals surface area contributed by atoms with Crippen molar-refractivity contribution in [3.63, 3.8) is 0 Å². The second-order valence-electron chi connectivity index (χ2n) is 4.25. The van der Waals surface area contributed by atoms with Crippen LogP contribution in [0.5, 0.6) is 0 Å². The number of carbonyl (C=O) groups excluding carboxylic acids is 1. The molecule has 4 nitrogen and oxygen atoms in total. The third-order valence-electron chi connectivity index (χ3n) is 2.87. The Morgan fingerprint density at radius 2 is 2.22 bits per heavy atom. The van der Waals surface area contributed by atoms with Gasteiger partial charge in [0.25, 0.3) is 0 Å². The Bertz CT molecular complexity index is 419. The number of nitrogen functional groups attached to an aromatic ring is 1. The number of benzene rings is 1. The van der Waals surface area contributed by atoms with Gasteiger partial charge >= 0.3 is 0 Å². The fourth-order valence-corrected chi connectivity index (χ4v) is 2.39. The van der Waals surface area contributed by atoms with Crippen LogP contribution < -0.4 is 11.1 Å². The lowest BCUT2D eigenvalue weighted by Gasteiger charge is -2.22. The highest BCUT2D eigenvalue weighted by molar-refractivity contribution is 7.99. The van der Waals surface area contributed by atoms with E-state index in [0.717, 1.165) is 5.69 Å². The number of ketones is 1. The smallest absolute Gasteiger partial charge is 0.161 e. The van der Waals surface area contributed by atoms with E-state index in [-0.39, 0.29) is 23.7 Å². The average molecular weight is 268 g/mol. The molecule has 0 amide bonds. The number of hydrogen-bond acceptors (Lipinski definition) is 5. The van der Waals surface area contributed by atoms with Crippen molar-refractivity contribution >= 4 is 28.9 Å². The van der Waals surface area contributed by atoms with Crippen LogP contribution in [0.15, 0.2) is 18.2 Å². The monoisotopic (exact) mass is 268 g/mol. The summed E-state index contributed by atoms with van der Waals surface area (Å²) in [7, 11) is 0. The van der Waals surface area contributed by atoms with Gasteiger partial charge in [0.05, 0.1) is 6.61 Å². The normalized spacial score (nSPS) is 14.0. The highest BCUT2D eigenvalue weighted by Gasteiger charge is 2.15. The minimum atomic E-state index is -0.0375. The van der Waals surface area contributed by atoms with Crippen molar-refractivity contribution in [2.24, 2.45) is 0 Å². The van der Waals surface area contributed by atoms with Crippen molar-refractivity contribution in [3.8, 4) is 0 Å². The van der Waals surface area contributed by atoms with Gasteiger partial charge in [-0.05, 0) is 38.3 Å². The van der Waals surface area contributed by atoms with Crippen LogP contribution in [0.25, 0.3) is 0 Å². The number of carbonyl (C=O) groups is 1. The SMILES string of the molecule is CSC(CO)C(C)Nc1ccc(C(C)=O)c(N)c1. The standard InChI is InChI=1S/C13H20N2O2S/c1-8(13(7-16)18-3)15-10-4-5-11(9(2)17)12(14)6-10/h4-6,8,13,15-16H,7,14H2,1-3H3. The van der Waals surface area contributed by atoms with Crippen molar-refractivity contribution in [1.29, 1.82) is 0 Å². The van der Waals surface area contributed by atoms with Crippen molar-refractivity contribution in [2.45, 2.75) is 25.1 Å². The molecule has 18 heavy (non-hydrogen) atoms. The molecule has 1 aromatic carbocycles. The molecule has 4 N–H and O–H groups in total. The van der Waals surface area contributed by atoms with Gasteiger partial charge in [-0.25, -0.2) is 0 Å². The Balaban J connectivity index is 2.80. The van der Waals surface area contributed by atoms with Gasteiger partial charge in [-0.3, -0.25) is 4.79 Å². The fraction of sp³-hybridized carbons (Fsp3) is 0.462. The van der Waals surface area contributed by atoms with Crippen molar-refractivity contribution in [2.75, 3.05) is 23.9 Å². The molecule has 0 aliphatic rings. The summed E-state index contributed by atoms with van der Waals surface area (Å²) in [6.45, 7) is 3.62. The Labute approximate surface area is 112 Å². The first-order valence-electron chi connectivity index (χ1n) is 5.80. The Hall–Kier alpha value is -1.20. The first-order chi connectivity index (χ1) is 8.49. The maximum absolute atomic E-state index is 11.3. The van der Waals surface area contributed by atoms with Crippen LogP contribution in [0.2, 0.25) is 0 Å². The summed E-state index contributed by atoms with van der Waals surface area (Å²) in [6, 6.07) is 5.42. The maximum atomic E-state index is 11.3. The van der Waals surface area contributed by atoms with Crippen LogP contribution >= 0.6 is 11.8 Å². The minimum absolute atomic E-state index is 0.0375. The first kappa shape index (κ1) is 14.9. The molecule has 0 aliphatic carbocycles. The summed E-state index contributed by atoms with van der Waals surface area (Å²) >= 11 is 1.61. The van der Waals surface area contributed by atoms with Crippen LogP contribution in [0, 0.1) is 0 Å². The molecule has 0 heterocycles. The first-order valence-corrected chi connectivity index (χ1v) is 7.09. The van der Waals surface area contributed by atoms with Gasteiger partial charge in [-0.2, -0.15) is 11.8 Å². The van der Waals surface area contributed by atoms with Crippen LogP contribution in [0.3, 0.4) is 0 Å². The van der Waals surface area contributed by atoms with Crippen LogP contribution in [-0.2, 0) is 0 Å². The quantitative estimate of drug-likeness (QED) is 0.543. The van der Waals surface area contributed by atoms with E-state index in [1.54, 1.807) is 23.9 Å². The molecule has 2 atom stereocenters. The second kappa shape index (κ2) is 6.66. The lowest BCUT2D eigenvalue weighted by molar-refractivity contribution is 0.101. The van der Waals surface area contributed by atoms with E-state index in [1.807, 2.05) is 19.2 Å². The second-order valence-corrected chi connectivity index (χ2v) is 5.32. The molecule has 2 unspecified atom stereocenters. The summed E-state index contributed by atoms with van der Waals surface area (Å²) in [5.74, 6) is -0.0375. The van der Waals surface area contributed by atoms with Gasteiger partial charge in [-0.1, -0.05) is 0 Å². The molecule has 1 rings (SSSR count). The van der Waals surface area contributed by atoms with Gasteiger partial charge in [0, 0.05) is 28.2 Å². The summed E-state index contributed by atoms with van der Waals surface area (Å²) in [4.78, 5) is 11.3. The Kier molecular flexibility index (Phi) is 5.50. The zero-order valence-electron chi connectivity index (χ0n) is 10.9. The summed E-state index contributed by atoms with van der Waals surface area (Å²) < 4.78 is 0. The van der Waals surface area contributed by atoms with Crippen molar-refractivity contribution in [1.82, 2.24) is 0 Å². The zero-order chi connectivity index (χ0) is 13.7. The number of nitrogens with one attached hydrogen (secondary N) is 1. The van der Waals surface area contributed by atoms with Crippen molar-refractivity contribution in [3.05, 3.63) is 23.8 Å². The van der Waals surface area contributed by atoms with Gasteiger partial charge in [-0.15, -0.1) is 0 Å². The largest absolute Gasteiger partial charge is 0.398 e. The number of nitrogens with two attached hydrogens (primary N) is 1. The molecule has 0 bridgehead atoms. The minimum Gasteiger partial charge on any atom is -0.398 e. The highest BCUT2D eigenvalue weighted by atomic mass is 32.2. The van der Waals surface area contributed by atoms with E-state index in [4.69, 9.17) is 5.73 Å². The van der Waals surface area contributed by atoms with Crippen LogP contribution in [0.1, 0.15) is 24.2 Å². The number of thioether (sulfide) groups is 1. The molecule has 0 radical (unpaired) electrons. The molecular formula is C13H20N2O2S. The van der Waals surface area contributed by atoms with E-state index < -0.39 is 0 Å². The lowest BCUT2D eigenvalue weighted by atomic mass is 10.1. The number of rotatable bonds is 6. The molecule has 5 heteroatoms. The summed E-state index contributed by atoms with van der Waals surface area (Å²) in [5.41, 5.74) is 7.70. The fourth-order valence-electron chi connectivity index (χ4n) is 1.77. The molecule has 0 aliphatic heterocycles. The number of hydrogen-bond donors (Lipinski definition) is 3. The van der Waals surface area contributed by atoms with Gasteiger partial charge in [0.1, 0.15) is 0 Å². The topological polar surface area (TPSA) is 75.3 Å². The molecule has 0 aromatic heterocycles. The number of aliphatic hydroxyl groups excluding tert-OH is 1. The molecular weight excluding hydrogens is 248 g/mol. The van der Waals surface area contributed by atoms with Gasteiger partial charge in [0.15, 0.2) is 5.78 Å². The molecule has 100 valence electrons. The molecule has 1 aromatic rings. The van der Waals surface area contributed by atoms with E-state index in [9.17, 15) is 9.90 Å². The third kappa shape index (κ3) is 3.65. The van der Waals surface area contributed by atoms with E-state index in [1.165, 1.54) is 6.92 Å². The average Bonchev–Trinajstić information content (AvgIpc) is 2.30. The van der Waals surface area contributed by atoms with Crippen LogP contribution in [-0.4, -0.2) is 35.0 Å². The Morgan fingerprint density at radius 1 is 1.56 bits per heavy atom. The van der Waals surface area contributed by atoms with Gasteiger partial charge < -0.3 is 16.2 Å². The lowest BCUT2D eigenvalue weighted by Crippen LogP contribution is -2.30. The molecule has 0 spiro atoms. The number of aliphatic hydroxyl groups is 1. The van der Waals surface area contributed by atoms with Gasteiger partial charge in [0.2, 0.25) is 0 Å². The summed E-state index contributed by atoms with van der Waals surface area (Å²) in [6.07, 6.45) is 1.96. The van der Waals surface area contributed by atoms with E-state index in [0.29, 0.717) is 11.3 Å². The Morgan fingerprint density at radius 3 is 2.67 bits per heavy atom. The number of anilines is 2. The van der Waals surface area contributed by atoms with Crippen molar-refractivity contribution < 1.29 is 9.90 Å². The third-order valence-corrected chi connectivity index (χ3v) is 4.03. The predicted molar refractivity (Wildman–Crippen MR) is 78.3 cm³/mol. The predicted octanol–water partition coefficient (Wildman–Crippen LogP) is 2.00.